The number of benzene rings is 2. The molecule has 5 nitrogen and oxygen atoms in total. The summed E-state index contributed by atoms with van der Waals surface area (Å²) in [7, 11) is 0. The van der Waals surface area contributed by atoms with E-state index in [0.717, 1.165) is 29.4 Å². The largest absolute Gasteiger partial charge is 0.494 e. The summed E-state index contributed by atoms with van der Waals surface area (Å²) in [6, 6.07) is 17.6. The molecule has 0 bridgehead atoms. The third-order valence-electron chi connectivity index (χ3n) is 3.92. The van der Waals surface area contributed by atoms with Gasteiger partial charge in [0.1, 0.15) is 5.75 Å². The van der Waals surface area contributed by atoms with Gasteiger partial charge in [-0.2, -0.15) is 0 Å². The third kappa shape index (κ3) is 8.17. The van der Waals surface area contributed by atoms with Gasteiger partial charge in [-0.1, -0.05) is 48.5 Å². The smallest absolute Gasteiger partial charge is 0.191 e. The number of rotatable bonds is 9. The van der Waals surface area contributed by atoms with Crippen LogP contribution >= 0.6 is 24.0 Å². The average Bonchev–Trinajstić information content (AvgIpc) is 2.68. The highest BCUT2D eigenvalue weighted by molar-refractivity contribution is 14.0. The quantitative estimate of drug-likeness (QED) is 0.288. The second kappa shape index (κ2) is 13.4. The number of nitrogens with one attached hydrogen (secondary N) is 2. The fourth-order valence-corrected chi connectivity index (χ4v) is 2.61. The second-order valence-electron chi connectivity index (χ2n) is 5.88. The number of halogens is 1. The minimum absolute atomic E-state index is 0. The van der Waals surface area contributed by atoms with Gasteiger partial charge in [0.2, 0.25) is 0 Å². The molecule has 148 valence electrons. The Bertz CT molecular complexity index is 680. The van der Waals surface area contributed by atoms with Gasteiger partial charge in [0.25, 0.3) is 0 Å². The average molecular weight is 483 g/mol. The van der Waals surface area contributed by atoms with Crippen LogP contribution in [0.25, 0.3) is 0 Å². The van der Waals surface area contributed by atoms with Crippen molar-refractivity contribution in [3.05, 3.63) is 65.7 Å². The zero-order valence-corrected chi connectivity index (χ0v) is 18.4. The number of aliphatic imine (C=N–C) groups is 1. The molecule has 0 aliphatic heterocycles. The molecule has 0 spiro atoms. The van der Waals surface area contributed by atoms with Gasteiger partial charge >= 0.3 is 0 Å². The van der Waals surface area contributed by atoms with Gasteiger partial charge in [0.05, 0.1) is 19.3 Å². The van der Waals surface area contributed by atoms with Crippen LogP contribution in [0.15, 0.2) is 59.6 Å². The number of ether oxygens (including phenoxy) is 1. The number of para-hydroxylation sites is 1. The maximum Gasteiger partial charge on any atom is 0.191 e. The fourth-order valence-electron chi connectivity index (χ4n) is 2.61. The summed E-state index contributed by atoms with van der Waals surface area (Å²) < 4.78 is 5.65. The van der Waals surface area contributed by atoms with Crippen molar-refractivity contribution in [3.63, 3.8) is 0 Å². The van der Waals surface area contributed by atoms with Gasteiger partial charge < -0.3 is 20.5 Å². The lowest BCUT2D eigenvalue weighted by molar-refractivity contribution is 0.168. The van der Waals surface area contributed by atoms with Gasteiger partial charge in [0.15, 0.2) is 5.96 Å². The molecule has 0 saturated carbocycles. The Morgan fingerprint density at radius 2 is 1.74 bits per heavy atom. The monoisotopic (exact) mass is 483 g/mol. The van der Waals surface area contributed by atoms with Gasteiger partial charge in [-0.15, -0.1) is 24.0 Å². The lowest BCUT2D eigenvalue weighted by atomic mass is 10.1. The van der Waals surface area contributed by atoms with E-state index in [1.54, 1.807) is 0 Å². The first kappa shape index (κ1) is 23.2. The van der Waals surface area contributed by atoms with Crippen LogP contribution in [0.1, 0.15) is 37.5 Å². The topological polar surface area (TPSA) is 65.9 Å². The van der Waals surface area contributed by atoms with Crippen molar-refractivity contribution in [2.75, 3.05) is 19.7 Å². The first-order valence-corrected chi connectivity index (χ1v) is 9.20. The van der Waals surface area contributed by atoms with Crippen molar-refractivity contribution < 1.29 is 9.84 Å². The Hall–Kier alpha value is -1.80. The van der Waals surface area contributed by atoms with Crippen molar-refractivity contribution in [3.8, 4) is 5.75 Å². The molecule has 0 aliphatic rings. The summed E-state index contributed by atoms with van der Waals surface area (Å²) in [6.45, 7) is 6.59. The molecule has 0 aromatic heterocycles. The molecule has 2 aromatic carbocycles. The van der Waals surface area contributed by atoms with Crippen LogP contribution in [-0.2, 0) is 6.54 Å². The van der Waals surface area contributed by atoms with Gasteiger partial charge in [-0.3, -0.25) is 0 Å². The Labute approximate surface area is 179 Å². The Kier molecular flexibility index (Phi) is 11.5. The number of aliphatic hydroxyl groups is 1. The second-order valence-corrected chi connectivity index (χ2v) is 5.88. The van der Waals surface area contributed by atoms with E-state index < -0.39 is 6.10 Å². The molecule has 0 amide bonds. The predicted molar refractivity (Wildman–Crippen MR) is 122 cm³/mol. The maximum atomic E-state index is 10.2. The van der Waals surface area contributed by atoms with E-state index >= 15 is 0 Å². The van der Waals surface area contributed by atoms with Crippen molar-refractivity contribution in [1.29, 1.82) is 0 Å². The van der Waals surface area contributed by atoms with Crippen molar-refractivity contribution in [2.24, 2.45) is 4.99 Å². The Balaban J connectivity index is 0.00000364. The number of hydrogen-bond donors (Lipinski definition) is 3. The SMILES string of the molecule is CCNC(=NCc1ccccc1OCC)NCCC(O)c1ccccc1.I. The summed E-state index contributed by atoms with van der Waals surface area (Å²) in [5.74, 6) is 1.60. The molecule has 2 aromatic rings. The van der Waals surface area contributed by atoms with Crippen molar-refractivity contribution in [1.82, 2.24) is 10.6 Å². The molecule has 0 aliphatic carbocycles. The zero-order valence-electron chi connectivity index (χ0n) is 16.0. The van der Waals surface area contributed by atoms with Crippen LogP contribution < -0.4 is 15.4 Å². The lowest BCUT2D eigenvalue weighted by Crippen LogP contribution is -2.38. The van der Waals surface area contributed by atoms with Crippen LogP contribution in [0, 0.1) is 0 Å². The summed E-state index contributed by atoms with van der Waals surface area (Å²) in [5, 5.41) is 16.8. The molecule has 3 N–H and O–H groups in total. The van der Waals surface area contributed by atoms with E-state index in [2.05, 4.69) is 15.6 Å². The summed E-state index contributed by atoms with van der Waals surface area (Å²) in [4.78, 5) is 4.63. The lowest BCUT2D eigenvalue weighted by Gasteiger charge is -2.15. The Morgan fingerprint density at radius 3 is 2.44 bits per heavy atom. The number of guanidine groups is 1. The van der Waals surface area contributed by atoms with Crippen LogP contribution in [-0.4, -0.2) is 30.8 Å². The van der Waals surface area contributed by atoms with Gasteiger partial charge in [0, 0.05) is 18.7 Å². The molecule has 27 heavy (non-hydrogen) atoms. The molecular formula is C21H30IN3O2. The van der Waals surface area contributed by atoms with E-state index in [1.807, 2.05) is 68.4 Å². The minimum Gasteiger partial charge on any atom is -0.494 e. The summed E-state index contributed by atoms with van der Waals surface area (Å²) >= 11 is 0. The Morgan fingerprint density at radius 1 is 1.04 bits per heavy atom. The van der Waals surface area contributed by atoms with E-state index in [0.29, 0.717) is 26.1 Å². The molecular weight excluding hydrogens is 453 g/mol. The minimum atomic E-state index is -0.481. The molecule has 1 unspecified atom stereocenters. The van der Waals surface area contributed by atoms with Gasteiger partial charge in [-0.25, -0.2) is 4.99 Å². The first-order chi connectivity index (χ1) is 12.7. The molecule has 2 rings (SSSR count). The summed E-state index contributed by atoms with van der Waals surface area (Å²) in [6.07, 6.45) is 0.134. The molecule has 0 heterocycles. The molecule has 0 saturated heterocycles. The number of hydrogen-bond acceptors (Lipinski definition) is 3. The van der Waals surface area contributed by atoms with Crippen molar-refractivity contribution >= 4 is 29.9 Å². The molecule has 0 radical (unpaired) electrons. The van der Waals surface area contributed by atoms with Crippen LogP contribution in [0.2, 0.25) is 0 Å². The van der Waals surface area contributed by atoms with E-state index in [4.69, 9.17) is 4.74 Å². The maximum absolute atomic E-state index is 10.2. The molecule has 6 heteroatoms. The molecule has 0 fully saturated rings. The van der Waals surface area contributed by atoms with E-state index in [-0.39, 0.29) is 24.0 Å². The highest BCUT2D eigenvalue weighted by Gasteiger charge is 2.07. The predicted octanol–water partition coefficient (Wildman–Crippen LogP) is 3.88. The standard InChI is InChI=1S/C21H29N3O2.HI/c1-3-22-21(23-15-14-19(25)17-10-6-5-7-11-17)24-16-18-12-8-9-13-20(18)26-4-2;/h5-13,19,25H,3-4,14-16H2,1-2H3,(H2,22,23,24);1H. The van der Waals surface area contributed by atoms with E-state index in [9.17, 15) is 5.11 Å². The normalized spacial score (nSPS) is 12.0. The number of nitrogens with zero attached hydrogens (tertiary/aromatic N) is 1. The third-order valence-corrected chi connectivity index (χ3v) is 3.92. The highest BCUT2D eigenvalue weighted by atomic mass is 127. The van der Waals surface area contributed by atoms with Crippen molar-refractivity contribution in [2.45, 2.75) is 32.9 Å². The number of aliphatic hydroxyl groups excluding tert-OH is 1. The summed E-state index contributed by atoms with van der Waals surface area (Å²) in [5.41, 5.74) is 1.98. The van der Waals surface area contributed by atoms with Gasteiger partial charge in [-0.05, 0) is 31.9 Å². The highest BCUT2D eigenvalue weighted by Crippen LogP contribution is 2.18. The fraction of sp³-hybridized carbons (Fsp3) is 0.381. The van der Waals surface area contributed by atoms with Crippen LogP contribution in [0.4, 0.5) is 0 Å². The zero-order chi connectivity index (χ0) is 18.6. The first-order valence-electron chi connectivity index (χ1n) is 9.20. The van der Waals surface area contributed by atoms with E-state index in [1.165, 1.54) is 0 Å². The van der Waals surface area contributed by atoms with Crippen LogP contribution in [0.5, 0.6) is 5.75 Å². The molecule has 1 atom stereocenters. The van der Waals surface area contributed by atoms with Crippen LogP contribution in [0.3, 0.4) is 0 Å².